The fourth-order valence-electron chi connectivity index (χ4n) is 3.38. The lowest BCUT2D eigenvalue weighted by atomic mass is 10.1. The van der Waals surface area contributed by atoms with E-state index in [9.17, 15) is 22.8 Å². The first-order valence-corrected chi connectivity index (χ1v) is 9.39. The van der Waals surface area contributed by atoms with Crippen LogP contribution in [0.4, 0.5) is 13.2 Å². The van der Waals surface area contributed by atoms with Crippen LogP contribution in [0.15, 0.2) is 24.3 Å². The van der Waals surface area contributed by atoms with E-state index in [2.05, 4.69) is 4.90 Å². The van der Waals surface area contributed by atoms with Gasteiger partial charge in [0.15, 0.2) is 0 Å². The van der Waals surface area contributed by atoms with Gasteiger partial charge in [0.1, 0.15) is 0 Å². The third kappa shape index (κ3) is 5.23. The van der Waals surface area contributed by atoms with E-state index in [0.29, 0.717) is 52.4 Å². The maximum absolute atomic E-state index is 12.6. The summed E-state index contributed by atoms with van der Waals surface area (Å²) in [4.78, 5) is 30.4. The molecule has 1 aromatic carbocycles. The molecule has 2 aliphatic rings. The van der Waals surface area contributed by atoms with Crippen LogP contribution in [0.3, 0.4) is 0 Å². The number of alkyl halides is 3. The van der Waals surface area contributed by atoms with Crippen LogP contribution >= 0.6 is 0 Å². The quantitative estimate of drug-likeness (QED) is 0.774. The van der Waals surface area contributed by atoms with Crippen molar-refractivity contribution in [2.75, 3.05) is 59.0 Å². The van der Waals surface area contributed by atoms with Gasteiger partial charge in [-0.15, -0.1) is 0 Å². The van der Waals surface area contributed by atoms with Crippen molar-refractivity contribution < 1.29 is 27.5 Å². The number of carbonyl (C=O) groups is 2. The summed E-state index contributed by atoms with van der Waals surface area (Å²) in [6, 6.07) is 4.23. The molecule has 9 heteroatoms. The second-order valence-corrected chi connectivity index (χ2v) is 6.95. The lowest BCUT2D eigenvalue weighted by molar-refractivity contribution is -0.137. The molecule has 2 fully saturated rings. The molecule has 0 radical (unpaired) electrons. The Morgan fingerprint density at radius 3 is 2.04 bits per heavy atom. The summed E-state index contributed by atoms with van der Waals surface area (Å²) in [7, 11) is 0. The molecule has 1 aromatic rings. The summed E-state index contributed by atoms with van der Waals surface area (Å²) in [5.41, 5.74) is -0.556. The molecule has 0 aliphatic carbocycles. The van der Waals surface area contributed by atoms with Gasteiger partial charge in [0.2, 0.25) is 5.91 Å². The van der Waals surface area contributed by atoms with E-state index in [1.165, 1.54) is 12.1 Å². The number of ether oxygens (including phenoxy) is 1. The summed E-state index contributed by atoms with van der Waals surface area (Å²) in [6.45, 7) is 5.39. The van der Waals surface area contributed by atoms with Crippen molar-refractivity contribution in [3.05, 3.63) is 35.4 Å². The maximum Gasteiger partial charge on any atom is 0.416 e. The minimum Gasteiger partial charge on any atom is -0.379 e. The molecule has 2 saturated heterocycles. The van der Waals surface area contributed by atoms with Crippen LogP contribution in [-0.2, 0) is 15.7 Å². The minimum atomic E-state index is -4.42. The Hall–Kier alpha value is -2.13. The number of halogens is 3. The van der Waals surface area contributed by atoms with Gasteiger partial charge in [-0.3, -0.25) is 14.5 Å². The highest BCUT2D eigenvalue weighted by molar-refractivity contribution is 5.94. The summed E-state index contributed by atoms with van der Waals surface area (Å²) in [5.74, 6) is -0.248. The highest BCUT2D eigenvalue weighted by Crippen LogP contribution is 2.29. The monoisotopic (exact) mass is 399 g/mol. The predicted octanol–water partition coefficient (Wildman–Crippen LogP) is 1.71. The first-order chi connectivity index (χ1) is 13.3. The van der Waals surface area contributed by atoms with Gasteiger partial charge in [-0.1, -0.05) is 0 Å². The molecular weight excluding hydrogens is 375 g/mol. The van der Waals surface area contributed by atoms with Gasteiger partial charge in [0.05, 0.1) is 18.8 Å². The molecule has 2 heterocycles. The Kier molecular flexibility index (Phi) is 6.56. The molecule has 28 heavy (non-hydrogen) atoms. The smallest absolute Gasteiger partial charge is 0.379 e. The molecule has 6 nitrogen and oxygen atoms in total. The number of rotatable bonds is 4. The normalized spacial score (nSPS) is 19.0. The zero-order valence-corrected chi connectivity index (χ0v) is 15.6. The average molecular weight is 399 g/mol. The molecule has 0 unspecified atom stereocenters. The number of benzene rings is 1. The van der Waals surface area contributed by atoms with E-state index < -0.39 is 11.7 Å². The molecule has 2 aliphatic heterocycles. The SMILES string of the molecule is O=C(CCN1CCOCC1)N1CCN(C(=O)c2ccc(C(F)(F)F)cc2)CC1. The van der Waals surface area contributed by atoms with Crippen LogP contribution in [-0.4, -0.2) is 85.5 Å². The topological polar surface area (TPSA) is 53.1 Å². The summed E-state index contributed by atoms with van der Waals surface area (Å²) in [5, 5.41) is 0. The highest BCUT2D eigenvalue weighted by Gasteiger charge is 2.31. The molecule has 0 spiro atoms. The Morgan fingerprint density at radius 1 is 0.893 bits per heavy atom. The van der Waals surface area contributed by atoms with Crippen LogP contribution in [0.1, 0.15) is 22.3 Å². The number of hydrogen-bond donors (Lipinski definition) is 0. The number of nitrogens with zero attached hydrogens (tertiary/aromatic N) is 3. The van der Waals surface area contributed by atoms with Gasteiger partial charge in [0, 0.05) is 57.8 Å². The van der Waals surface area contributed by atoms with Crippen molar-refractivity contribution in [3.8, 4) is 0 Å². The predicted molar refractivity (Wildman–Crippen MR) is 95.8 cm³/mol. The molecule has 0 aromatic heterocycles. The fraction of sp³-hybridized carbons (Fsp3) is 0.579. The van der Waals surface area contributed by atoms with Crippen molar-refractivity contribution in [2.45, 2.75) is 12.6 Å². The summed E-state index contributed by atoms with van der Waals surface area (Å²) in [6.07, 6.45) is -3.98. The van der Waals surface area contributed by atoms with E-state index in [1.54, 1.807) is 9.80 Å². The van der Waals surface area contributed by atoms with Gasteiger partial charge in [-0.2, -0.15) is 13.2 Å². The number of morpholine rings is 1. The van der Waals surface area contributed by atoms with Gasteiger partial charge >= 0.3 is 6.18 Å². The van der Waals surface area contributed by atoms with Crippen LogP contribution in [0.25, 0.3) is 0 Å². The van der Waals surface area contributed by atoms with Crippen LogP contribution in [0.2, 0.25) is 0 Å². The number of hydrogen-bond acceptors (Lipinski definition) is 4. The van der Waals surface area contributed by atoms with Crippen LogP contribution in [0, 0.1) is 0 Å². The molecule has 0 N–H and O–H groups in total. The van der Waals surface area contributed by atoms with Gasteiger partial charge in [-0.05, 0) is 24.3 Å². The third-order valence-electron chi connectivity index (χ3n) is 5.12. The third-order valence-corrected chi connectivity index (χ3v) is 5.12. The summed E-state index contributed by atoms with van der Waals surface area (Å²) >= 11 is 0. The standard InChI is InChI=1S/C19H24F3N3O3/c20-19(21,22)16-3-1-15(2-4-16)18(27)25-9-7-24(8-10-25)17(26)5-6-23-11-13-28-14-12-23/h1-4H,5-14H2. The molecule has 0 saturated carbocycles. The Bertz CT molecular complexity index is 680. The number of piperazine rings is 1. The van der Waals surface area contributed by atoms with Crippen LogP contribution in [0.5, 0.6) is 0 Å². The molecule has 3 rings (SSSR count). The zero-order chi connectivity index (χ0) is 20.1. The van der Waals surface area contributed by atoms with Crippen LogP contribution < -0.4 is 0 Å². The first-order valence-electron chi connectivity index (χ1n) is 9.39. The lowest BCUT2D eigenvalue weighted by Gasteiger charge is -2.35. The Balaban J connectivity index is 1.46. The number of amides is 2. The maximum atomic E-state index is 12.6. The summed E-state index contributed by atoms with van der Waals surface area (Å²) < 4.78 is 43.2. The van der Waals surface area contributed by atoms with Crippen molar-refractivity contribution in [1.82, 2.24) is 14.7 Å². The lowest BCUT2D eigenvalue weighted by Crippen LogP contribution is -2.51. The fourth-order valence-corrected chi connectivity index (χ4v) is 3.38. The Morgan fingerprint density at radius 2 is 1.46 bits per heavy atom. The zero-order valence-electron chi connectivity index (χ0n) is 15.6. The van der Waals surface area contributed by atoms with E-state index in [-0.39, 0.29) is 17.4 Å². The molecular formula is C19H24F3N3O3. The minimum absolute atomic E-state index is 0.0631. The largest absolute Gasteiger partial charge is 0.416 e. The van der Waals surface area contributed by atoms with Crippen molar-refractivity contribution >= 4 is 11.8 Å². The molecule has 2 amide bonds. The second-order valence-electron chi connectivity index (χ2n) is 6.95. The van der Waals surface area contributed by atoms with E-state index in [0.717, 1.165) is 25.2 Å². The highest BCUT2D eigenvalue weighted by atomic mass is 19.4. The van der Waals surface area contributed by atoms with Gasteiger partial charge in [-0.25, -0.2) is 0 Å². The van der Waals surface area contributed by atoms with Crippen molar-refractivity contribution in [2.24, 2.45) is 0 Å². The average Bonchev–Trinajstić information content (AvgIpc) is 2.72. The molecule has 154 valence electrons. The molecule has 0 bridgehead atoms. The number of carbonyl (C=O) groups excluding carboxylic acids is 2. The first kappa shape index (κ1) is 20.6. The van der Waals surface area contributed by atoms with Gasteiger partial charge in [0.25, 0.3) is 5.91 Å². The van der Waals surface area contributed by atoms with Crippen molar-refractivity contribution in [3.63, 3.8) is 0 Å². The van der Waals surface area contributed by atoms with E-state index in [4.69, 9.17) is 4.74 Å². The van der Waals surface area contributed by atoms with E-state index >= 15 is 0 Å². The second kappa shape index (κ2) is 8.91. The molecule has 0 atom stereocenters. The van der Waals surface area contributed by atoms with Crippen molar-refractivity contribution in [1.29, 1.82) is 0 Å². The van der Waals surface area contributed by atoms with Gasteiger partial charge < -0.3 is 14.5 Å². The Labute approximate surface area is 161 Å². The van der Waals surface area contributed by atoms with E-state index in [1.807, 2.05) is 0 Å².